The number of amidine groups is 1. The second kappa shape index (κ2) is 6.34. The number of alkyl halides is 1. The zero-order valence-electron chi connectivity index (χ0n) is 15.5. The van der Waals surface area contributed by atoms with Gasteiger partial charge < -0.3 is 15.0 Å². The molecule has 3 aliphatic heterocycles. The number of fused-ring (bicyclic) bond motifs is 1. The van der Waals surface area contributed by atoms with Crippen LogP contribution in [0.4, 0.5) is 4.39 Å². The smallest absolute Gasteiger partial charge is 0.288 e. The summed E-state index contributed by atoms with van der Waals surface area (Å²) in [5.41, 5.74) is 3.82. The summed E-state index contributed by atoms with van der Waals surface area (Å²) in [5, 5.41) is 3.01. The number of hydrogen-bond acceptors (Lipinski definition) is 4. The molecule has 4 nitrogen and oxygen atoms in total. The Morgan fingerprint density at radius 3 is 2.67 bits per heavy atom. The van der Waals surface area contributed by atoms with Crippen molar-refractivity contribution in [2.75, 3.05) is 26.2 Å². The molecule has 5 heteroatoms. The topological polar surface area (TPSA) is 36.9 Å². The van der Waals surface area contributed by atoms with Crippen LogP contribution in [0.2, 0.25) is 0 Å². The number of hydrogen-bond donors (Lipinski definition) is 1. The summed E-state index contributed by atoms with van der Waals surface area (Å²) in [6.45, 7) is 3.97. The fraction of sp³-hybridized carbons (Fsp3) is 0.409. The van der Waals surface area contributed by atoms with E-state index in [1.165, 1.54) is 22.3 Å². The molecule has 0 aliphatic carbocycles. The normalized spacial score (nSPS) is 26.0. The Bertz CT molecular complexity index is 875. The number of nitrogens with zero attached hydrogens (tertiary/aromatic N) is 2. The molecule has 0 bridgehead atoms. The number of aryl methyl sites for hydroxylation is 1. The van der Waals surface area contributed by atoms with Crippen LogP contribution in [-0.4, -0.2) is 48.9 Å². The minimum absolute atomic E-state index is 0.0446. The van der Waals surface area contributed by atoms with Gasteiger partial charge in [-0.25, -0.2) is 9.38 Å². The van der Waals surface area contributed by atoms with Gasteiger partial charge in [0.15, 0.2) is 5.67 Å². The summed E-state index contributed by atoms with van der Waals surface area (Å²) < 4.78 is 20.7. The third-order valence-corrected chi connectivity index (χ3v) is 5.99. The molecule has 0 saturated carbocycles. The Morgan fingerprint density at radius 1 is 1.15 bits per heavy atom. The van der Waals surface area contributed by atoms with Crippen LogP contribution in [0.15, 0.2) is 53.5 Å². The highest BCUT2D eigenvalue weighted by atomic mass is 19.1. The lowest BCUT2D eigenvalue weighted by molar-refractivity contribution is 0.0498. The second-order valence-corrected chi connectivity index (χ2v) is 7.83. The van der Waals surface area contributed by atoms with Crippen LogP contribution in [0.3, 0.4) is 0 Å². The highest BCUT2D eigenvalue weighted by Crippen LogP contribution is 2.37. The van der Waals surface area contributed by atoms with Crippen molar-refractivity contribution in [3.63, 3.8) is 0 Å². The number of ether oxygens (including phenoxy) is 1. The van der Waals surface area contributed by atoms with Gasteiger partial charge in [0.1, 0.15) is 12.6 Å². The van der Waals surface area contributed by atoms with E-state index in [0.29, 0.717) is 25.7 Å². The van der Waals surface area contributed by atoms with Crippen molar-refractivity contribution in [2.24, 2.45) is 4.99 Å². The molecule has 0 radical (unpaired) electrons. The highest BCUT2D eigenvalue weighted by molar-refractivity contribution is 5.77. The van der Waals surface area contributed by atoms with Gasteiger partial charge in [-0.15, -0.1) is 0 Å². The maximum absolute atomic E-state index is 14.8. The summed E-state index contributed by atoms with van der Waals surface area (Å²) in [6, 6.07) is 17.4. The lowest BCUT2D eigenvalue weighted by Crippen LogP contribution is -2.62. The third kappa shape index (κ3) is 2.81. The third-order valence-electron chi connectivity index (χ3n) is 5.99. The van der Waals surface area contributed by atoms with Gasteiger partial charge in [0.25, 0.3) is 6.02 Å². The fourth-order valence-corrected chi connectivity index (χ4v) is 4.26. The van der Waals surface area contributed by atoms with E-state index in [0.717, 1.165) is 13.0 Å². The molecular formula is C22H24FN3O. The van der Waals surface area contributed by atoms with Crippen molar-refractivity contribution < 1.29 is 9.13 Å². The van der Waals surface area contributed by atoms with E-state index >= 15 is 0 Å². The Hall–Kier alpha value is -2.40. The SMILES string of the molecule is Cc1ccc([C@H]2c3ccccc3CCN2C2=N[C@@H](C3(F)CNC3)CO2)cc1. The fourth-order valence-electron chi connectivity index (χ4n) is 4.26. The molecule has 1 N–H and O–H groups in total. The van der Waals surface area contributed by atoms with E-state index in [1.807, 2.05) is 0 Å². The van der Waals surface area contributed by atoms with E-state index in [1.54, 1.807) is 0 Å². The predicted octanol–water partition coefficient (Wildman–Crippen LogP) is 3.01. The van der Waals surface area contributed by atoms with Gasteiger partial charge in [-0.1, -0.05) is 54.1 Å². The molecule has 3 aliphatic rings. The summed E-state index contributed by atoms with van der Waals surface area (Å²) in [5.74, 6) is 0. The van der Waals surface area contributed by atoms with Gasteiger partial charge in [0.2, 0.25) is 0 Å². The van der Waals surface area contributed by atoms with Crippen molar-refractivity contribution in [1.29, 1.82) is 0 Å². The zero-order chi connectivity index (χ0) is 18.4. The minimum Gasteiger partial charge on any atom is -0.463 e. The quantitative estimate of drug-likeness (QED) is 0.889. The molecule has 27 heavy (non-hydrogen) atoms. The number of aliphatic imine (C=N–C) groups is 1. The van der Waals surface area contributed by atoms with Crippen LogP contribution in [0.25, 0.3) is 0 Å². The van der Waals surface area contributed by atoms with E-state index < -0.39 is 11.7 Å². The van der Waals surface area contributed by atoms with Gasteiger partial charge in [-0.2, -0.15) is 0 Å². The van der Waals surface area contributed by atoms with Crippen LogP contribution in [0.1, 0.15) is 28.3 Å². The van der Waals surface area contributed by atoms with Gasteiger partial charge in [0.05, 0.1) is 6.04 Å². The Kier molecular flexibility index (Phi) is 3.93. The van der Waals surface area contributed by atoms with Crippen molar-refractivity contribution in [3.05, 3.63) is 70.8 Å². The predicted molar refractivity (Wildman–Crippen MR) is 104 cm³/mol. The first-order valence-corrected chi connectivity index (χ1v) is 9.65. The maximum atomic E-state index is 14.8. The first kappa shape index (κ1) is 16.8. The molecule has 2 aromatic carbocycles. The van der Waals surface area contributed by atoms with Gasteiger partial charge in [-0.05, 0) is 30.0 Å². The molecule has 0 aromatic heterocycles. The summed E-state index contributed by atoms with van der Waals surface area (Å²) >= 11 is 0. The summed E-state index contributed by atoms with van der Waals surface area (Å²) in [6.07, 6.45) is 0.938. The molecule has 1 saturated heterocycles. The monoisotopic (exact) mass is 365 g/mol. The summed E-state index contributed by atoms with van der Waals surface area (Å²) in [4.78, 5) is 6.89. The van der Waals surface area contributed by atoms with Gasteiger partial charge in [0, 0.05) is 19.6 Å². The Morgan fingerprint density at radius 2 is 1.93 bits per heavy atom. The molecule has 3 heterocycles. The van der Waals surface area contributed by atoms with E-state index in [2.05, 4.69) is 70.7 Å². The van der Waals surface area contributed by atoms with Crippen molar-refractivity contribution >= 4 is 6.02 Å². The molecule has 2 aromatic rings. The number of benzene rings is 2. The largest absolute Gasteiger partial charge is 0.463 e. The minimum atomic E-state index is -1.27. The van der Waals surface area contributed by atoms with Crippen molar-refractivity contribution in [2.45, 2.75) is 31.1 Å². The van der Waals surface area contributed by atoms with Crippen LogP contribution in [-0.2, 0) is 11.2 Å². The van der Waals surface area contributed by atoms with Crippen LogP contribution in [0.5, 0.6) is 0 Å². The number of rotatable bonds is 2. The highest BCUT2D eigenvalue weighted by Gasteiger charge is 2.48. The van der Waals surface area contributed by atoms with E-state index in [9.17, 15) is 4.39 Å². The standard InChI is InChI=1S/C22H24FN3O/c1-15-6-8-17(9-7-15)20-18-5-3-2-4-16(18)10-11-26(20)21-25-19(12-27-21)22(23)13-24-14-22/h2-9,19-20,24H,10-14H2,1H3/t19-,20+/m1/s1. The first-order valence-electron chi connectivity index (χ1n) is 9.65. The van der Waals surface area contributed by atoms with Gasteiger partial charge >= 0.3 is 0 Å². The average molecular weight is 365 g/mol. The van der Waals surface area contributed by atoms with Crippen molar-refractivity contribution in [1.82, 2.24) is 10.2 Å². The van der Waals surface area contributed by atoms with E-state index in [4.69, 9.17) is 4.74 Å². The number of nitrogens with one attached hydrogen (secondary N) is 1. The maximum Gasteiger partial charge on any atom is 0.288 e. The lowest BCUT2D eigenvalue weighted by atomic mass is 9.88. The molecule has 0 spiro atoms. The second-order valence-electron chi connectivity index (χ2n) is 7.83. The molecule has 1 fully saturated rings. The van der Waals surface area contributed by atoms with Gasteiger partial charge in [-0.3, -0.25) is 0 Å². The van der Waals surface area contributed by atoms with Crippen LogP contribution >= 0.6 is 0 Å². The average Bonchev–Trinajstić information content (AvgIpc) is 3.16. The molecule has 5 rings (SSSR count). The van der Waals surface area contributed by atoms with E-state index in [-0.39, 0.29) is 6.04 Å². The Balaban J connectivity index is 1.53. The van der Waals surface area contributed by atoms with Crippen LogP contribution < -0.4 is 5.32 Å². The number of halogens is 1. The lowest BCUT2D eigenvalue weighted by Gasteiger charge is -2.38. The molecule has 140 valence electrons. The van der Waals surface area contributed by atoms with Crippen LogP contribution in [0, 0.1) is 6.92 Å². The molecule has 0 amide bonds. The van der Waals surface area contributed by atoms with Crippen molar-refractivity contribution in [3.8, 4) is 0 Å². The summed E-state index contributed by atoms with van der Waals surface area (Å²) in [7, 11) is 0. The molecule has 0 unspecified atom stereocenters. The molecular weight excluding hydrogens is 341 g/mol. The first-order chi connectivity index (χ1) is 13.1. The Labute approximate surface area is 159 Å². The zero-order valence-corrected chi connectivity index (χ0v) is 15.5. The molecule has 2 atom stereocenters.